The van der Waals surface area contributed by atoms with Gasteiger partial charge < -0.3 is 10.6 Å². The summed E-state index contributed by atoms with van der Waals surface area (Å²) in [5.74, 6) is 0.629. The molecule has 0 saturated carbocycles. The van der Waals surface area contributed by atoms with Crippen molar-refractivity contribution in [3.63, 3.8) is 0 Å². The maximum atomic E-state index is 5.88. The first-order valence-electron chi connectivity index (χ1n) is 5.96. The van der Waals surface area contributed by atoms with Gasteiger partial charge in [-0.25, -0.2) is 0 Å². The van der Waals surface area contributed by atoms with Crippen molar-refractivity contribution < 1.29 is 0 Å². The fraction of sp³-hybridized carbons (Fsp3) is 0.462. The number of hydrogen-bond donors (Lipinski definition) is 1. The van der Waals surface area contributed by atoms with Gasteiger partial charge in [0, 0.05) is 24.7 Å². The van der Waals surface area contributed by atoms with Gasteiger partial charge in [-0.15, -0.1) is 0 Å². The lowest BCUT2D eigenvalue weighted by Gasteiger charge is -2.19. The van der Waals surface area contributed by atoms with E-state index in [0.29, 0.717) is 12.5 Å². The van der Waals surface area contributed by atoms with Crippen LogP contribution in [0.15, 0.2) is 29.3 Å². The van der Waals surface area contributed by atoms with Crippen molar-refractivity contribution in [3.8, 4) is 0 Å². The normalized spacial score (nSPS) is 11.6. The Morgan fingerprint density at radius 2 is 1.82 bits per heavy atom. The second kappa shape index (κ2) is 7.17. The quantitative estimate of drug-likeness (QED) is 0.647. The molecule has 3 nitrogen and oxygen atoms in total. The van der Waals surface area contributed by atoms with E-state index in [1.54, 1.807) is 0 Å². The maximum Gasteiger partial charge on any atom is 0.191 e. The minimum absolute atomic E-state index is 0.629. The van der Waals surface area contributed by atoms with E-state index in [0.717, 1.165) is 24.5 Å². The summed E-state index contributed by atoms with van der Waals surface area (Å²) in [6.07, 6.45) is 0.888. The molecule has 0 spiro atoms. The molecule has 0 atom stereocenters. The summed E-state index contributed by atoms with van der Waals surface area (Å²) < 4.78 is 0. The number of aliphatic imine (C=N–C) groups is 1. The standard InChI is InChI=1S/C13H20ClN3/c1-3-17(4-2)13(15)16-10-9-11-5-7-12(14)8-6-11/h5-8H,3-4,9-10H2,1-2H3,(H2,15,16). The zero-order valence-corrected chi connectivity index (χ0v) is 11.2. The first kappa shape index (κ1) is 13.8. The van der Waals surface area contributed by atoms with Gasteiger partial charge >= 0.3 is 0 Å². The molecule has 4 heteroatoms. The molecule has 0 unspecified atom stereocenters. The molecule has 0 aliphatic rings. The third-order valence-corrected chi connectivity index (χ3v) is 2.93. The molecule has 1 aromatic rings. The fourth-order valence-corrected chi connectivity index (χ4v) is 1.72. The Hall–Kier alpha value is -1.22. The molecule has 17 heavy (non-hydrogen) atoms. The number of rotatable bonds is 5. The zero-order valence-electron chi connectivity index (χ0n) is 10.5. The van der Waals surface area contributed by atoms with Crippen LogP contribution in [-0.2, 0) is 6.42 Å². The Labute approximate surface area is 108 Å². The molecular weight excluding hydrogens is 234 g/mol. The molecular formula is C13H20ClN3. The van der Waals surface area contributed by atoms with E-state index in [2.05, 4.69) is 18.8 Å². The number of halogens is 1. The predicted molar refractivity (Wildman–Crippen MR) is 74.6 cm³/mol. The smallest absolute Gasteiger partial charge is 0.191 e. The summed E-state index contributed by atoms with van der Waals surface area (Å²) in [6.45, 7) is 6.65. The molecule has 2 N–H and O–H groups in total. The van der Waals surface area contributed by atoms with Crippen LogP contribution in [0.25, 0.3) is 0 Å². The van der Waals surface area contributed by atoms with Gasteiger partial charge in [0.2, 0.25) is 0 Å². The number of benzene rings is 1. The van der Waals surface area contributed by atoms with Crippen LogP contribution >= 0.6 is 11.6 Å². The number of hydrogen-bond acceptors (Lipinski definition) is 1. The first-order valence-corrected chi connectivity index (χ1v) is 6.34. The second-order valence-electron chi connectivity index (χ2n) is 3.79. The van der Waals surface area contributed by atoms with Gasteiger partial charge in [-0.05, 0) is 38.0 Å². The van der Waals surface area contributed by atoms with Gasteiger partial charge in [0.1, 0.15) is 0 Å². The SMILES string of the molecule is CCN(CC)C(N)=NCCc1ccc(Cl)cc1. The monoisotopic (exact) mass is 253 g/mol. The molecule has 1 rings (SSSR count). The van der Waals surface area contributed by atoms with Crippen molar-refractivity contribution in [3.05, 3.63) is 34.9 Å². The Morgan fingerprint density at radius 3 is 2.35 bits per heavy atom. The molecule has 0 aliphatic carbocycles. The minimum Gasteiger partial charge on any atom is -0.370 e. The van der Waals surface area contributed by atoms with Crippen molar-refractivity contribution in [2.75, 3.05) is 19.6 Å². The largest absolute Gasteiger partial charge is 0.370 e. The van der Waals surface area contributed by atoms with Crippen molar-refractivity contribution in [2.45, 2.75) is 20.3 Å². The third kappa shape index (κ3) is 4.65. The van der Waals surface area contributed by atoms with Gasteiger partial charge in [0.05, 0.1) is 0 Å². The molecule has 0 saturated heterocycles. The summed E-state index contributed by atoms with van der Waals surface area (Å²) >= 11 is 5.82. The highest BCUT2D eigenvalue weighted by Gasteiger charge is 2.01. The van der Waals surface area contributed by atoms with E-state index in [4.69, 9.17) is 17.3 Å². The molecule has 0 aliphatic heterocycles. The Kier molecular flexibility index (Phi) is 5.84. The fourth-order valence-electron chi connectivity index (χ4n) is 1.60. The molecule has 0 amide bonds. The van der Waals surface area contributed by atoms with Crippen LogP contribution in [-0.4, -0.2) is 30.5 Å². The van der Waals surface area contributed by atoms with Crippen LogP contribution in [0.5, 0.6) is 0 Å². The van der Waals surface area contributed by atoms with Crippen LogP contribution < -0.4 is 5.73 Å². The van der Waals surface area contributed by atoms with E-state index >= 15 is 0 Å². The van der Waals surface area contributed by atoms with Crippen molar-refractivity contribution in [1.29, 1.82) is 0 Å². The summed E-state index contributed by atoms with van der Waals surface area (Å²) in [4.78, 5) is 6.41. The highest BCUT2D eigenvalue weighted by atomic mass is 35.5. The number of nitrogens with zero attached hydrogens (tertiary/aromatic N) is 2. The first-order chi connectivity index (χ1) is 8.17. The highest BCUT2D eigenvalue weighted by molar-refractivity contribution is 6.30. The Balaban J connectivity index is 2.46. The topological polar surface area (TPSA) is 41.6 Å². The van der Waals surface area contributed by atoms with Gasteiger partial charge in [0.25, 0.3) is 0 Å². The summed E-state index contributed by atoms with van der Waals surface area (Å²) in [7, 11) is 0. The summed E-state index contributed by atoms with van der Waals surface area (Å²) in [5.41, 5.74) is 7.11. The van der Waals surface area contributed by atoms with Crippen LogP contribution in [0.3, 0.4) is 0 Å². The van der Waals surface area contributed by atoms with Gasteiger partial charge in [-0.3, -0.25) is 4.99 Å². The van der Waals surface area contributed by atoms with Gasteiger partial charge in [-0.1, -0.05) is 23.7 Å². The molecule has 94 valence electrons. The van der Waals surface area contributed by atoms with Crippen molar-refractivity contribution >= 4 is 17.6 Å². The second-order valence-corrected chi connectivity index (χ2v) is 4.23. The molecule has 0 heterocycles. The number of nitrogens with two attached hydrogens (primary N) is 1. The lowest BCUT2D eigenvalue weighted by Crippen LogP contribution is -2.37. The van der Waals surface area contributed by atoms with Crippen molar-refractivity contribution in [1.82, 2.24) is 4.90 Å². The molecule has 0 aromatic heterocycles. The zero-order chi connectivity index (χ0) is 12.7. The molecule has 0 fully saturated rings. The predicted octanol–water partition coefficient (Wildman–Crippen LogP) is 2.54. The van der Waals surface area contributed by atoms with Gasteiger partial charge in [-0.2, -0.15) is 0 Å². The number of guanidine groups is 1. The molecule has 0 radical (unpaired) electrons. The Morgan fingerprint density at radius 1 is 1.24 bits per heavy atom. The van der Waals surface area contributed by atoms with E-state index in [-0.39, 0.29) is 0 Å². The maximum absolute atomic E-state index is 5.88. The van der Waals surface area contributed by atoms with E-state index in [1.165, 1.54) is 5.56 Å². The lowest BCUT2D eigenvalue weighted by atomic mass is 10.1. The van der Waals surface area contributed by atoms with E-state index in [1.807, 2.05) is 29.2 Å². The van der Waals surface area contributed by atoms with E-state index < -0.39 is 0 Å². The highest BCUT2D eigenvalue weighted by Crippen LogP contribution is 2.09. The van der Waals surface area contributed by atoms with Crippen LogP contribution in [0.1, 0.15) is 19.4 Å². The molecule has 1 aromatic carbocycles. The van der Waals surface area contributed by atoms with Crippen LogP contribution in [0.2, 0.25) is 5.02 Å². The lowest BCUT2D eigenvalue weighted by molar-refractivity contribution is 0.458. The van der Waals surface area contributed by atoms with Crippen LogP contribution in [0, 0.1) is 0 Å². The minimum atomic E-state index is 0.629. The average molecular weight is 254 g/mol. The van der Waals surface area contributed by atoms with E-state index in [9.17, 15) is 0 Å². The molecule has 0 bridgehead atoms. The average Bonchev–Trinajstić information content (AvgIpc) is 2.33. The van der Waals surface area contributed by atoms with Crippen molar-refractivity contribution in [2.24, 2.45) is 10.7 Å². The summed E-state index contributed by atoms with van der Waals surface area (Å²) in [5, 5.41) is 0.764. The van der Waals surface area contributed by atoms with Crippen LogP contribution in [0.4, 0.5) is 0 Å². The summed E-state index contributed by atoms with van der Waals surface area (Å²) in [6, 6.07) is 7.83. The van der Waals surface area contributed by atoms with Gasteiger partial charge in [0.15, 0.2) is 5.96 Å². The Bertz CT molecular complexity index is 355. The third-order valence-electron chi connectivity index (χ3n) is 2.67.